The van der Waals surface area contributed by atoms with Crippen LogP contribution in [0.25, 0.3) is 5.69 Å². The Balaban J connectivity index is 1.50. The van der Waals surface area contributed by atoms with Crippen LogP contribution < -0.4 is 9.64 Å². The van der Waals surface area contributed by atoms with Crippen LogP contribution in [0, 0.1) is 0 Å². The molecule has 2 aromatic rings. The molecule has 0 bridgehead atoms. The van der Waals surface area contributed by atoms with Gasteiger partial charge < -0.3 is 9.64 Å². The molecule has 0 N–H and O–H groups in total. The minimum absolute atomic E-state index is 0.0234. The Morgan fingerprint density at radius 2 is 1.94 bits per heavy atom. The van der Waals surface area contributed by atoms with Gasteiger partial charge in [0.05, 0.1) is 31.1 Å². The summed E-state index contributed by atoms with van der Waals surface area (Å²) in [4.78, 5) is 36.2. The van der Waals surface area contributed by atoms with Crippen LogP contribution in [-0.4, -0.2) is 77.2 Å². The maximum atomic E-state index is 13.4. The highest BCUT2D eigenvalue weighted by molar-refractivity contribution is 6.20. The second kappa shape index (κ2) is 8.29. The van der Waals surface area contributed by atoms with Gasteiger partial charge in [-0.05, 0) is 37.1 Å². The number of urea groups is 1. The number of amidine groups is 1. The van der Waals surface area contributed by atoms with Crippen molar-refractivity contribution in [3.05, 3.63) is 36.0 Å². The molecule has 9 heteroatoms. The molecule has 0 atom stereocenters. The summed E-state index contributed by atoms with van der Waals surface area (Å²) < 4.78 is 6.97. The standard InChI is InChI=1S/C23H28N6O3/c1-26(16-6-4-3-5-7-16)20(30)15-28-22-19(21-24-12-13-27(21)23(28)31)14-25-29(22)17-8-10-18(32-2)11-9-17/h8-11,14,16H,3-7,12-13,15H2,1-2H3. The number of hydrogen-bond acceptors (Lipinski definition) is 5. The lowest BCUT2D eigenvalue weighted by molar-refractivity contribution is -0.131. The van der Waals surface area contributed by atoms with E-state index in [1.807, 2.05) is 36.2 Å². The van der Waals surface area contributed by atoms with E-state index >= 15 is 0 Å². The van der Waals surface area contributed by atoms with Crippen molar-refractivity contribution in [1.82, 2.24) is 19.6 Å². The predicted molar refractivity (Wildman–Crippen MR) is 121 cm³/mol. The Morgan fingerprint density at radius 3 is 2.66 bits per heavy atom. The lowest BCUT2D eigenvalue weighted by Gasteiger charge is -2.36. The van der Waals surface area contributed by atoms with E-state index in [0.29, 0.717) is 24.7 Å². The van der Waals surface area contributed by atoms with Crippen molar-refractivity contribution in [2.75, 3.05) is 38.7 Å². The maximum Gasteiger partial charge on any atom is 0.331 e. The van der Waals surface area contributed by atoms with E-state index in [4.69, 9.17) is 4.74 Å². The molecule has 0 unspecified atom stereocenters. The van der Waals surface area contributed by atoms with E-state index in [0.717, 1.165) is 42.7 Å². The normalized spacial score (nSPS) is 18.3. The van der Waals surface area contributed by atoms with Gasteiger partial charge in [0, 0.05) is 19.6 Å². The molecule has 1 aromatic carbocycles. The topological polar surface area (TPSA) is 83.3 Å². The van der Waals surface area contributed by atoms with Gasteiger partial charge in [-0.3, -0.25) is 19.6 Å². The molecule has 3 amide bonds. The van der Waals surface area contributed by atoms with E-state index < -0.39 is 0 Å². The van der Waals surface area contributed by atoms with Crippen LogP contribution in [0.5, 0.6) is 5.75 Å². The summed E-state index contributed by atoms with van der Waals surface area (Å²) in [5, 5.41) is 4.56. The Bertz CT molecular complexity index is 1050. The lowest BCUT2D eigenvalue weighted by Crippen LogP contribution is -2.54. The molecule has 0 spiro atoms. The fourth-order valence-electron chi connectivity index (χ4n) is 4.83. The Morgan fingerprint density at radius 1 is 1.19 bits per heavy atom. The lowest BCUT2D eigenvalue weighted by atomic mass is 9.94. The summed E-state index contributed by atoms with van der Waals surface area (Å²) in [6, 6.07) is 7.47. The second-order valence-electron chi connectivity index (χ2n) is 8.51. The van der Waals surface area contributed by atoms with Gasteiger partial charge in [0.2, 0.25) is 5.91 Å². The van der Waals surface area contributed by atoms with E-state index in [1.54, 1.807) is 27.8 Å². The molecule has 2 aliphatic heterocycles. The quantitative estimate of drug-likeness (QED) is 0.722. The molecule has 1 aromatic heterocycles. The zero-order valence-electron chi connectivity index (χ0n) is 18.5. The number of aromatic nitrogens is 2. The van der Waals surface area contributed by atoms with Crippen LogP contribution in [0.3, 0.4) is 0 Å². The average Bonchev–Trinajstić information content (AvgIpc) is 3.49. The third kappa shape index (κ3) is 3.41. The molecular formula is C23H28N6O3. The van der Waals surface area contributed by atoms with E-state index in [2.05, 4.69) is 10.1 Å². The van der Waals surface area contributed by atoms with Crippen LogP contribution >= 0.6 is 0 Å². The van der Waals surface area contributed by atoms with Crippen molar-refractivity contribution in [2.45, 2.75) is 38.1 Å². The molecular weight excluding hydrogens is 408 g/mol. The third-order valence-electron chi connectivity index (χ3n) is 6.67. The summed E-state index contributed by atoms with van der Waals surface area (Å²) in [6.45, 7) is 1.05. The largest absolute Gasteiger partial charge is 0.497 e. The van der Waals surface area contributed by atoms with Crippen LogP contribution in [0.15, 0.2) is 35.5 Å². The van der Waals surface area contributed by atoms with Crippen molar-refractivity contribution in [1.29, 1.82) is 0 Å². The highest BCUT2D eigenvalue weighted by Gasteiger charge is 2.41. The van der Waals surface area contributed by atoms with E-state index in [1.165, 1.54) is 6.42 Å². The molecule has 1 aliphatic carbocycles. The maximum absolute atomic E-state index is 13.4. The molecule has 9 nitrogen and oxygen atoms in total. The first kappa shape index (κ1) is 20.5. The Hall–Kier alpha value is -3.36. The van der Waals surface area contributed by atoms with Crippen molar-refractivity contribution in [3.63, 3.8) is 0 Å². The number of fused-ring (bicyclic) bond motifs is 3. The van der Waals surface area contributed by atoms with Crippen molar-refractivity contribution < 1.29 is 14.3 Å². The number of benzene rings is 1. The predicted octanol–water partition coefficient (Wildman–Crippen LogP) is 2.67. The monoisotopic (exact) mass is 436 g/mol. The molecule has 32 heavy (non-hydrogen) atoms. The number of methoxy groups -OCH3 is 1. The van der Waals surface area contributed by atoms with Gasteiger partial charge in [-0.2, -0.15) is 5.10 Å². The Labute approximate surface area is 187 Å². The fraction of sp³-hybridized carbons (Fsp3) is 0.478. The molecule has 0 radical (unpaired) electrons. The fourth-order valence-corrected chi connectivity index (χ4v) is 4.83. The first-order valence-electron chi connectivity index (χ1n) is 11.2. The number of hydrogen-bond donors (Lipinski definition) is 0. The van der Waals surface area contributed by atoms with Crippen molar-refractivity contribution >= 4 is 23.6 Å². The second-order valence-corrected chi connectivity index (χ2v) is 8.51. The highest BCUT2D eigenvalue weighted by Crippen LogP contribution is 2.33. The molecule has 3 aliphatic rings. The van der Waals surface area contributed by atoms with Gasteiger partial charge in [0.25, 0.3) is 0 Å². The summed E-state index contributed by atoms with van der Waals surface area (Å²) in [5.41, 5.74) is 1.55. The summed E-state index contributed by atoms with van der Waals surface area (Å²) in [7, 11) is 3.48. The highest BCUT2D eigenvalue weighted by atomic mass is 16.5. The number of nitrogens with zero attached hydrogens (tertiary/aromatic N) is 6. The number of carbonyl (C=O) groups excluding carboxylic acids is 2. The molecule has 168 valence electrons. The smallest absolute Gasteiger partial charge is 0.331 e. The number of rotatable bonds is 5. The molecule has 0 saturated heterocycles. The Kier molecular flexibility index (Phi) is 5.32. The van der Waals surface area contributed by atoms with E-state index in [-0.39, 0.29) is 24.5 Å². The van der Waals surface area contributed by atoms with Crippen LogP contribution in [0.4, 0.5) is 10.6 Å². The van der Waals surface area contributed by atoms with Gasteiger partial charge >= 0.3 is 6.03 Å². The summed E-state index contributed by atoms with van der Waals surface area (Å²) >= 11 is 0. The molecule has 1 fully saturated rings. The summed E-state index contributed by atoms with van der Waals surface area (Å²) in [5.74, 6) is 1.90. The van der Waals surface area contributed by atoms with E-state index in [9.17, 15) is 9.59 Å². The minimum atomic E-state index is -0.227. The van der Waals surface area contributed by atoms with Gasteiger partial charge in [-0.1, -0.05) is 19.3 Å². The van der Waals surface area contributed by atoms with Gasteiger partial charge in [-0.25, -0.2) is 9.48 Å². The van der Waals surface area contributed by atoms with Gasteiger partial charge in [0.15, 0.2) is 5.82 Å². The SMILES string of the molecule is COc1ccc(-n2ncc3c2N(CC(=O)N(C)C2CCCCC2)C(=O)N2CCN=C32)cc1. The molecule has 5 rings (SSSR count). The van der Waals surface area contributed by atoms with Crippen molar-refractivity contribution in [2.24, 2.45) is 4.99 Å². The minimum Gasteiger partial charge on any atom is -0.497 e. The van der Waals surface area contributed by atoms with Gasteiger partial charge in [0.1, 0.15) is 18.1 Å². The van der Waals surface area contributed by atoms with Crippen LogP contribution in [0.2, 0.25) is 0 Å². The van der Waals surface area contributed by atoms with Gasteiger partial charge in [-0.15, -0.1) is 0 Å². The summed E-state index contributed by atoms with van der Waals surface area (Å²) in [6.07, 6.45) is 7.29. The molecule has 3 heterocycles. The molecule has 1 saturated carbocycles. The zero-order chi connectivity index (χ0) is 22.2. The van der Waals surface area contributed by atoms with Crippen molar-refractivity contribution in [3.8, 4) is 11.4 Å². The van der Waals surface area contributed by atoms with Crippen LogP contribution in [0.1, 0.15) is 37.7 Å². The number of aliphatic imine (C=N–C) groups is 1. The number of amides is 3. The number of anilines is 1. The van der Waals surface area contributed by atoms with Crippen LogP contribution in [-0.2, 0) is 4.79 Å². The first-order valence-corrected chi connectivity index (χ1v) is 11.2. The first-order chi connectivity index (χ1) is 15.6. The average molecular weight is 437 g/mol. The number of carbonyl (C=O) groups is 2. The zero-order valence-corrected chi connectivity index (χ0v) is 18.5. The number of ether oxygens (including phenoxy) is 1. The number of likely N-dealkylation sites (N-methyl/N-ethyl adjacent to an activating group) is 1. The third-order valence-corrected chi connectivity index (χ3v) is 6.67.